The summed E-state index contributed by atoms with van der Waals surface area (Å²) < 4.78 is 27.2. The largest absolute Gasteiger partial charge is 0.480 e. The number of carboxylic acids is 1. The minimum absolute atomic E-state index is 0.141. The summed E-state index contributed by atoms with van der Waals surface area (Å²) in [5.74, 6) is -1.40. The average Bonchev–Trinajstić information content (AvgIpc) is 2.57. The lowest BCUT2D eigenvalue weighted by atomic mass is 10.1. The number of aliphatic carboxylic acids is 1. The summed E-state index contributed by atoms with van der Waals surface area (Å²) in [5.41, 5.74) is 0.715. The van der Waals surface area contributed by atoms with Crippen molar-refractivity contribution in [2.24, 2.45) is 0 Å². The molecule has 2 aromatic rings. The van der Waals surface area contributed by atoms with Crippen LogP contribution in [-0.4, -0.2) is 30.5 Å². The molecule has 1 atom stereocenters. The molecular formula is C16H14Cl2N2O6S. The maximum atomic E-state index is 12.6. The highest BCUT2D eigenvalue weighted by atomic mass is 35.5. The van der Waals surface area contributed by atoms with Gasteiger partial charge in [0.15, 0.2) is 0 Å². The fourth-order valence-electron chi connectivity index (χ4n) is 2.26. The Hall–Kier alpha value is -2.20. The van der Waals surface area contributed by atoms with Crippen LogP contribution in [0.4, 0.5) is 5.69 Å². The van der Waals surface area contributed by atoms with Gasteiger partial charge in [0.05, 0.1) is 9.95 Å². The SMILES string of the molecule is Cc1cc(S(=O)(=O)N[C@H](Cc2ccc([N+](=O)[O-])cc2)C(=O)O)c(Cl)cc1Cl. The zero-order chi connectivity index (χ0) is 20.4. The summed E-state index contributed by atoms with van der Waals surface area (Å²) in [6.45, 7) is 1.59. The predicted octanol–water partition coefficient (Wildman–Crippen LogP) is 3.18. The van der Waals surface area contributed by atoms with E-state index in [0.717, 1.165) is 0 Å². The molecule has 0 aliphatic heterocycles. The van der Waals surface area contributed by atoms with E-state index < -0.39 is 27.0 Å². The van der Waals surface area contributed by atoms with Crippen LogP contribution in [0.15, 0.2) is 41.3 Å². The van der Waals surface area contributed by atoms with Gasteiger partial charge in [-0.05, 0) is 36.6 Å². The number of sulfonamides is 1. The molecule has 0 spiro atoms. The molecule has 0 fully saturated rings. The third-order valence-electron chi connectivity index (χ3n) is 3.69. The van der Waals surface area contributed by atoms with E-state index in [0.29, 0.717) is 11.1 Å². The smallest absolute Gasteiger partial charge is 0.322 e. The van der Waals surface area contributed by atoms with Gasteiger partial charge in [-0.2, -0.15) is 4.72 Å². The van der Waals surface area contributed by atoms with Crippen LogP contribution in [0, 0.1) is 17.0 Å². The van der Waals surface area contributed by atoms with Crippen molar-refractivity contribution < 1.29 is 23.2 Å². The fraction of sp³-hybridized carbons (Fsp3) is 0.188. The van der Waals surface area contributed by atoms with Crippen molar-refractivity contribution in [3.63, 3.8) is 0 Å². The molecular weight excluding hydrogens is 419 g/mol. The highest BCUT2D eigenvalue weighted by Crippen LogP contribution is 2.28. The first-order valence-electron chi connectivity index (χ1n) is 7.45. The lowest BCUT2D eigenvalue weighted by Crippen LogP contribution is -2.42. The second-order valence-corrected chi connectivity index (χ2v) is 8.17. The van der Waals surface area contributed by atoms with Crippen LogP contribution < -0.4 is 4.72 Å². The van der Waals surface area contributed by atoms with Crippen LogP contribution in [0.5, 0.6) is 0 Å². The van der Waals surface area contributed by atoms with E-state index in [-0.39, 0.29) is 27.0 Å². The van der Waals surface area contributed by atoms with Crippen LogP contribution in [0.25, 0.3) is 0 Å². The molecule has 0 bridgehead atoms. The molecule has 0 aliphatic carbocycles. The molecule has 0 unspecified atom stereocenters. The van der Waals surface area contributed by atoms with Gasteiger partial charge in [0, 0.05) is 17.2 Å². The van der Waals surface area contributed by atoms with Gasteiger partial charge in [-0.1, -0.05) is 35.3 Å². The van der Waals surface area contributed by atoms with E-state index in [1.807, 2.05) is 0 Å². The lowest BCUT2D eigenvalue weighted by molar-refractivity contribution is -0.384. The van der Waals surface area contributed by atoms with Crippen LogP contribution in [0.3, 0.4) is 0 Å². The molecule has 2 N–H and O–H groups in total. The second kappa shape index (κ2) is 8.22. The van der Waals surface area contributed by atoms with Crippen molar-refractivity contribution in [1.82, 2.24) is 4.72 Å². The quantitative estimate of drug-likeness (QED) is 0.510. The van der Waals surface area contributed by atoms with Gasteiger partial charge in [0.1, 0.15) is 10.9 Å². The van der Waals surface area contributed by atoms with E-state index in [1.54, 1.807) is 6.92 Å². The van der Waals surface area contributed by atoms with Crippen LogP contribution in [0.1, 0.15) is 11.1 Å². The molecule has 0 saturated heterocycles. The summed E-state index contributed by atoms with van der Waals surface area (Å²) in [5, 5.41) is 20.2. The molecule has 11 heteroatoms. The Kier molecular flexibility index (Phi) is 6.42. The molecule has 8 nitrogen and oxygen atoms in total. The molecule has 0 aromatic heterocycles. The van der Waals surface area contributed by atoms with Crippen LogP contribution in [-0.2, 0) is 21.2 Å². The first-order chi connectivity index (χ1) is 12.5. The second-order valence-electron chi connectivity index (χ2n) is 5.67. The standard InChI is InChI=1S/C16H14Cl2N2O6S/c1-9-6-15(13(18)8-12(9)17)27(25,26)19-14(16(21)22)7-10-2-4-11(5-3-10)20(23)24/h2-6,8,14,19H,7H2,1H3,(H,21,22)/t14-/m1/s1. The minimum Gasteiger partial charge on any atom is -0.480 e. The molecule has 0 saturated carbocycles. The van der Waals surface area contributed by atoms with E-state index in [4.69, 9.17) is 23.2 Å². The maximum absolute atomic E-state index is 12.6. The molecule has 2 aromatic carbocycles. The topological polar surface area (TPSA) is 127 Å². The summed E-state index contributed by atoms with van der Waals surface area (Å²) >= 11 is 11.8. The van der Waals surface area contributed by atoms with Crippen molar-refractivity contribution >= 4 is 44.9 Å². The number of halogens is 2. The number of nitro benzene ring substituents is 1. The van der Waals surface area contributed by atoms with Crippen LogP contribution in [0.2, 0.25) is 10.0 Å². The Morgan fingerprint density at radius 3 is 2.33 bits per heavy atom. The van der Waals surface area contributed by atoms with E-state index in [9.17, 15) is 28.4 Å². The van der Waals surface area contributed by atoms with Gasteiger partial charge in [0.2, 0.25) is 10.0 Å². The molecule has 27 heavy (non-hydrogen) atoms. The van der Waals surface area contributed by atoms with Gasteiger partial charge in [-0.25, -0.2) is 8.42 Å². The summed E-state index contributed by atoms with van der Waals surface area (Å²) in [6.07, 6.45) is -0.212. The minimum atomic E-state index is -4.25. The van der Waals surface area contributed by atoms with Crippen molar-refractivity contribution in [2.45, 2.75) is 24.3 Å². The number of nitrogens with one attached hydrogen (secondary N) is 1. The van der Waals surface area contributed by atoms with E-state index in [1.165, 1.54) is 36.4 Å². The number of carboxylic acid groups (broad SMARTS) is 1. The molecule has 0 radical (unpaired) electrons. The fourth-order valence-corrected chi connectivity index (χ4v) is 4.28. The Morgan fingerprint density at radius 1 is 1.22 bits per heavy atom. The predicted molar refractivity (Wildman–Crippen MR) is 99.7 cm³/mol. The number of hydrogen-bond donors (Lipinski definition) is 2. The average molecular weight is 433 g/mol. The molecule has 0 amide bonds. The van der Waals surface area contributed by atoms with Crippen molar-refractivity contribution in [3.05, 3.63) is 67.7 Å². The summed E-state index contributed by atoms with van der Waals surface area (Å²) in [6, 6.07) is 6.16. The van der Waals surface area contributed by atoms with Gasteiger partial charge in [-0.3, -0.25) is 14.9 Å². The Bertz CT molecular complexity index is 993. The van der Waals surface area contributed by atoms with Crippen molar-refractivity contribution in [3.8, 4) is 0 Å². The first kappa shape index (κ1) is 21.1. The number of aryl methyl sites for hydroxylation is 1. The van der Waals surface area contributed by atoms with E-state index in [2.05, 4.69) is 4.72 Å². The van der Waals surface area contributed by atoms with Crippen molar-refractivity contribution in [1.29, 1.82) is 0 Å². The zero-order valence-electron chi connectivity index (χ0n) is 13.8. The first-order valence-corrected chi connectivity index (χ1v) is 9.69. The van der Waals surface area contributed by atoms with Gasteiger partial charge in [-0.15, -0.1) is 0 Å². The Labute approximate surface area is 164 Å². The van der Waals surface area contributed by atoms with Gasteiger partial charge in [0.25, 0.3) is 5.69 Å². The Balaban J connectivity index is 2.28. The third kappa shape index (κ3) is 5.16. The van der Waals surface area contributed by atoms with Gasteiger partial charge >= 0.3 is 5.97 Å². The maximum Gasteiger partial charge on any atom is 0.322 e. The normalized spacial score (nSPS) is 12.6. The summed E-state index contributed by atoms with van der Waals surface area (Å²) in [4.78, 5) is 21.3. The van der Waals surface area contributed by atoms with E-state index >= 15 is 0 Å². The number of nitro groups is 1. The van der Waals surface area contributed by atoms with Gasteiger partial charge < -0.3 is 5.11 Å². The Morgan fingerprint density at radius 2 is 1.81 bits per heavy atom. The van der Waals surface area contributed by atoms with Crippen LogP contribution >= 0.6 is 23.2 Å². The third-order valence-corrected chi connectivity index (χ3v) is 6.03. The number of benzene rings is 2. The number of non-ortho nitro benzene ring substituents is 1. The number of carbonyl (C=O) groups is 1. The van der Waals surface area contributed by atoms with Crippen molar-refractivity contribution in [2.75, 3.05) is 0 Å². The zero-order valence-corrected chi connectivity index (χ0v) is 16.2. The monoisotopic (exact) mass is 432 g/mol. The highest BCUT2D eigenvalue weighted by Gasteiger charge is 2.28. The summed E-state index contributed by atoms with van der Waals surface area (Å²) in [7, 11) is -4.25. The number of hydrogen-bond acceptors (Lipinski definition) is 5. The highest BCUT2D eigenvalue weighted by molar-refractivity contribution is 7.89. The molecule has 0 heterocycles. The molecule has 2 rings (SSSR count). The lowest BCUT2D eigenvalue weighted by Gasteiger charge is -2.16. The molecule has 144 valence electrons. The molecule has 0 aliphatic rings. The number of rotatable bonds is 7. The number of nitrogens with zero attached hydrogens (tertiary/aromatic N) is 1.